The van der Waals surface area contributed by atoms with Gasteiger partial charge in [0.25, 0.3) is 0 Å². The summed E-state index contributed by atoms with van der Waals surface area (Å²) in [5.74, 6) is 0. The fourth-order valence-electron chi connectivity index (χ4n) is 1.56. The van der Waals surface area contributed by atoms with Crippen LogP contribution in [0.2, 0.25) is 0 Å². The minimum atomic E-state index is -3.13. The van der Waals surface area contributed by atoms with Gasteiger partial charge in [-0.2, -0.15) is 0 Å². The van der Waals surface area contributed by atoms with E-state index in [0.29, 0.717) is 0 Å². The normalized spacial score (nSPS) is 15.6. The fourth-order valence-corrected chi connectivity index (χ4v) is 1.56. The molecule has 1 aromatic rings. The van der Waals surface area contributed by atoms with Crippen molar-refractivity contribution < 1.29 is 14.4 Å². The molecule has 5 nitrogen and oxygen atoms in total. The molecule has 1 fully saturated rings. The number of hydrogen-bond acceptors (Lipinski definition) is 3. The third-order valence-corrected chi connectivity index (χ3v) is 2.24. The van der Waals surface area contributed by atoms with E-state index in [1.165, 1.54) is 5.69 Å². The zero-order valence-electron chi connectivity index (χ0n) is 8.97. The standard InChI is InChI=1S/C10H14N2.H3O3P/c1-2-4-10(5-3-1)12-8-6-11-7-9-12;1-4(2)3/h1-5,11H,6-9H2;4H,(H2,1,2,3). The molecule has 16 heavy (non-hydrogen) atoms. The van der Waals surface area contributed by atoms with Gasteiger partial charge in [-0.1, -0.05) is 18.2 Å². The largest absolute Gasteiger partial charge is 0.369 e. The molecule has 1 aromatic carbocycles. The minimum absolute atomic E-state index is 1.11. The van der Waals surface area contributed by atoms with Gasteiger partial charge in [-0.15, -0.1) is 0 Å². The van der Waals surface area contributed by atoms with Crippen LogP contribution in [0, 0.1) is 0 Å². The molecule has 0 aliphatic carbocycles. The van der Waals surface area contributed by atoms with E-state index in [4.69, 9.17) is 14.4 Å². The van der Waals surface area contributed by atoms with Crippen LogP contribution in [-0.2, 0) is 4.57 Å². The summed E-state index contributed by atoms with van der Waals surface area (Å²) in [4.78, 5) is 16.7. The Morgan fingerprint density at radius 3 is 2.12 bits per heavy atom. The molecule has 0 radical (unpaired) electrons. The molecule has 1 saturated heterocycles. The van der Waals surface area contributed by atoms with Crippen LogP contribution >= 0.6 is 8.25 Å². The van der Waals surface area contributed by atoms with Crippen LogP contribution in [0.4, 0.5) is 5.69 Å². The Hall–Kier alpha value is -0.870. The van der Waals surface area contributed by atoms with Gasteiger partial charge < -0.3 is 20.0 Å². The van der Waals surface area contributed by atoms with Gasteiger partial charge in [0.05, 0.1) is 0 Å². The van der Waals surface area contributed by atoms with Crippen LogP contribution in [-0.4, -0.2) is 36.0 Å². The van der Waals surface area contributed by atoms with Crippen molar-refractivity contribution >= 4 is 13.9 Å². The molecular weight excluding hydrogens is 227 g/mol. The van der Waals surface area contributed by atoms with Crippen LogP contribution < -0.4 is 10.2 Å². The molecule has 1 aliphatic heterocycles. The second-order valence-electron chi connectivity index (χ2n) is 3.36. The van der Waals surface area contributed by atoms with Crippen LogP contribution in [0.1, 0.15) is 0 Å². The lowest BCUT2D eigenvalue weighted by molar-refractivity contribution is 0.405. The van der Waals surface area contributed by atoms with Gasteiger partial charge in [-0.25, -0.2) is 0 Å². The van der Waals surface area contributed by atoms with E-state index in [-0.39, 0.29) is 0 Å². The Morgan fingerprint density at radius 1 is 1.12 bits per heavy atom. The smallest absolute Gasteiger partial charge is 0.314 e. The number of anilines is 1. The van der Waals surface area contributed by atoms with E-state index in [9.17, 15) is 0 Å². The molecular formula is C10H17N2O3P. The minimum Gasteiger partial charge on any atom is -0.369 e. The second kappa shape index (κ2) is 7.41. The first-order valence-corrected chi connectivity index (χ1v) is 6.43. The maximum Gasteiger partial charge on any atom is 0.314 e. The van der Waals surface area contributed by atoms with Gasteiger partial charge in [-0.05, 0) is 12.1 Å². The summed E-state index contributed by atoms with van der Waals surface area (Å²) < 4.78 is 8.74. The molecule has 2 rings (SSSR count). The Kier molecular flexibility index (Phi) is 6.11. The summed E-state index contributed by atoms with van der Waals surface area (Å²) in [5, 5.41) is 3.34. The number of nitrogens with one attached hydrogen (secondary N) is 1. The van der Waals surface area contributed by atoms with Crippen LogP contribution in [0.15, 0.2) is 30.3 Å². The van der Waals surface area contributed by atoms with E-state index in [0.717, 1.165) is 26.2 Å². The summed E-state index contributed by atoms with van der Waals surface area (Å²) >= 11 is 0. The highest BCUT2D eigenvalue weighted by Gasteiger charge is 2.08. The van der Waals surface area contributed by atoms with E-state index >= 15 is 0 Å². The van der Waals surface area contributed by atoms with Crippen LogP contribution in [0.5, 0.6) is 0 Å². The van der Waals surface area contributed by atoms with E-state index in [1.54, 1.807) is 0 Å². The van der Waals surface area contributed by atoms with Crippen molar-refractivity contribution in [1.29, 1.82) is 0 Å². The Balaban J connectivity index is 0.000000280. The predicted octanol–water partition coefficient (Wildman–Crippen LogP) is 0.457. The summed E-state index contributed by atoms with van der Waals surface area (Å²) in [6.07, 6.45) is 0. The monoisotopic (exact) mass is 244 g/mol. The first kappa shape index (κ1) is 13.2. The van der Waals surface area contributed by atoms with Gasteiger partial charge >= 0.3 is 8.25 Å². The zero-order valence-corrected chi connectivity index (χ0v) is 9.97. The molecule has 90 valence electrons. The van der Waals surface area contributed by atoms with Crippen LogP contribution in [0.3, 0.4) is 0 Å². The number of hydrogen-bond donors (Lipinski definition) is 3. The molecule has 1 aliphatic rings. The first-order valence-electron chi connectivity index (χ1n) is 5.13. The van der Waals surface area contributed by atoms with Gasteiger partial charge in [0.1, 0.15) is 0 Å². The molecule has 0 amide bonds. The summed E-state index contributed by atoms with van der Waals surface area (Å²) in [6, 6.07) is 10.6. The van der Waals surface area contributed by atoms with Crippen LogP contribution in [0.25, 0.3) is 0 Å². The van der Waals surface area contributed by atoms with Crippen molar-refractivity contribution in [2.75, 3.05) is 31.1 Å². The highest BCUT2D eigenvalue weighted by Crippen LogP contribution is 2.12. The molecule has 0 aromatic heterocycles. The van der Waals surface area contributed by atoms with Crippen molar-refractivity contribution in [1.82, 2.24) is 5.32 Å². The van der Waals surface area contributed by atoms with Gasteiger partial charge in [0, 0.05) is 31.9 Å². The SMILES string of the molecule is O=[PH](O)O.c1ccc(N2CCNCC2)cc1. The van der Waals surface area contributed by atoms with E-state index in [2.05, 4.69) is 40.5 Å². The lowest BCUT2D eigenvalue weighted by atomic mass is 10.2. The Morgan fingerprint density at radius 2 is 1.62 bits per heavy atom. The average Bonchev–Trinajstić information content (AvgIpc) is 2.31. The molecule has 0 unspecified atom stereocenters. The molecule has 0 spiro atoms. The number of para-hydroxylation sites is 1. The first-order chi connectivity index (χ1) is 7.70. The number of benzene rings is 1. The van der Waals surface area contributed by atoms with Gasteiger partial charge in [0.2, 0.25) is 0 Å². The van der Waals surface area contributed by atoms with E-state index in [1.807, 2.05) is 0 Å². The van der Waals surface area contributed by atoms with Gasteiger partial charge in [0.15, 0.2) is 0 Å². The maximum absolute atomic E-state index is 8.74. The highest BCUT2D eigenvalue weighted by molar-refractivity contribution is 7.30. The van der Waals surface area contributed by atoms with E-state index < -0.39 is 8.25 Å². The molecule has 6 heteroatoms. The molecule has 1 heterocycles. The zero-order chi connectivity index (χ0) is 11.8. The van der Waals surface area contributed by atoms with Crippen molar-refractivity contribution in [2.24, 2.45) is 0 Å². The third-order valence-electron chi connectivity index (χ3n) is 2.24. The molecule has 3 N–H and O–H groups in total. The Labute approximate surface area is 95.7 Å². The number of rotatable bonds is 1. The summed E-state index contributed by atoms with van der Waals surface area (Å²) in [7, 11) is -3.13. The molecule has 0 bridgehead atoms. The van der Waals surface area contributed by atoms with Crippen molar-refractivity contribution in [2.45, 2.75) is 0 Å². The summed E-state index contributed by atoms with van der Waals surface area (Å²) in [5.41, 5.74) is 1.35. The average molecular weight is 244 g/mol. The van der Waals surface area contributed by atoms with Crippen molar-refractivity contribution in [3.8, 4) is 0 Å². The molecule has 0 atom stereocenters. The highest BCUT2D eigenvalue weighted by atomic mass is 31.1. The van der Waals surface area contributed by atoms with Crippen molar-refractivity contribution in [3.05, 3.63) is 30.3 Å². The number of nitrogens with zero attached hydrogens (tertiary/aromatic N) is 1. The topological polar surface area (TPSA) is 72.8 Å². The quantitative estimate of drug-likeness (QED) is 0.626. The fraction of sp³-hybridized carbons (Fsp3) is 0.400. The lowest BCUT2D eigenvalue weighted by Crippen LogP contribution is -2.43. The maximum atomic E-state index is 8.74. The Bertz CT molecular complexity index is 311. The van der Waals surface area contributed by atoms with Gasteiger partial charge in [-0.3, -0.25) is 4.57 Å². The second-order valence-corrected chi connectivity index (χ2v) is 3.92. The molecule has 0 saturated carbocycles. The number of piperazine rings is 1. The third kappa shape index (κ3) is 5.28. The van der Waals surface area contributed by atoms with Crippen molar-refractivity contribution in [3.63, 3.8) is 0 Å². The predicted molar refractivity (Wildman–Crippen MR) is 65.0 cm³/mol. The summed E-state index contributed by atoms with van der Waals surface area (Å²) in [6.45, 7) is 4.47. The lowest BCUT2D eigenvalue weighted by Gasteiger charge is -2.29.